The van der Waals surface area contributed by atoms with Crippen molar-refractivity contribution >= 4 is 39.5 Å². The Morgan fingerprint density at radius 3 is 2.43 bits per heavy atom. The summed E-state index contributed by atoms with van der Waals surface area (Å²) in [5.74, 6) is -4.16. The molecule has 11 heteroatoms. The first-order valence-electron chi connectivity index (χ1n) is 5.84. The molecule has 0 spiro atoms. The smallest absolute Gasteiger partial charge is 0.351 e. The number of nitrogens with two attached hydrogens (primary N) is 1. The van der Waals surface area contributed by atoms with Crippen molar-refractivity contribution in [1.82, 2.24) is 9.62 Å². The molecule has 0 aromatic rings. The van der Waals surface area contributed by atoms with Gasteiger partial charge in [0, 0.05) is 5.88 Å². The van der Waals surface area contributed by atoms with Gasteiger partial charge >= 0.3 is 12.0 Å². The van der Waals surface area contributed by atoms with Crippen molar-refractivity contribution in [3.8, 4) is 0 Å². The van der Waals surface area contributed by atoms with Crippen LogP contribution in [0.3, 0.4) is 0 Å². The number of carbonyl (C=O) groups is 3. The van der Waals surface area contributed by atoms with Crippen molar-refractivity contribution in [2.24, 2.45) is 11.7 Å². The zero-order chi connectivity index (χ0) is 16.4. The molecule has 0 saturated heterocycles. The molecule has 1 atom stereocenters. The fraction of sp³-hybridized carbons (Fsp3) is 0.500. The molecule has 0 aliphatic carbocycles. The molecule has 0 fully saturated rings. The predicted molar refractivity (Wildman–Crippen MR) is 72.5 cm³/mol. The number of nitrogens with zero attached hydrogens (tertiary/aromatic N) is 1. The lowest BCUT2D eigenvalue weighted by Crippen LogP contribution is -2.53. The molecule has 1 aliphatic heterocycles. The molecule has 3 amide bonds. The quantitative estimate of drug-likeness (QED) is 0.550. The molecule has 118 valence electrons. The first-order valence-corrected chi connectivity index (χ1v) is 7.82. The largest absolute Gasteiger partial charge is 0.477 e. The summed E-state index contributed by atoms with van der Waals surface area (Å²) in [6, 6.07) is -1.07. The number of amides is 3. The molecule has 0 aromatic carbocycles. The molecular weight excluding hydrogens is 326 g/mol. The standard InChI is InChI=1S/C10H14ClN3O6S/c1-2-5(8(12)15)6-7(9(16)17)21(19,20)14(4-3-11)10(18)13-6/h5H,2-4H2,1H3,(H2,12,15)(H,13,18)(H,16,17). The van der Waals surface area contributed by atoms with Gasteiger partial charge in [-0.15, -0.1) is 11.6 Å². The number of primary amides is 1. The molecule has 1 unspecified atom stereocenters. The highest BCUT2D eigenvalue weighted by Crippen LogP contribution is 2.27. The van der Waals surface area contributed by atoms with E-state index in [-0.39, 0.29) is 12.3 Å². The van der Waals surface area contributed by atoms with E-state index in [4.69, 9.17) is 22.4 Å². The highest BCUT2D eigenvalue weighted by Gasteiger charge is 2.44. The second-order valence-electron chi connectivity index (χ2n) is 4.11. The van der Waals surface area contributed by atoms with Crippen LogP contribution in [0.25, 0.3) is 0 Å². The molecule has 0 aromatic heterocycles. The highest BCUT2D eigenvalue weighted by molar-refractivity contribution is 7.94. The van der Waals surface area contributed by atoms with Crippen molar-refractivity contribution < 1.29 is 27.9 Å². The minimum atomic E-state index is -4.60. The number of halogens is 1. The van der Waals surface area contributed by atoms with Gasteiger partial charge < -0.3 is 16.2 Å². The summed E-state index contributed by atoms with van der Waals surface area (Å²) < 4.78 is 24.8. The van der Waals surface area contributed by atoms with E-state index in [1.54, 1.807) is 0 Å². The monoisotopic (exact) mass is 339 g/mol. The Balaban J connectivity index is 3.58. The molecule has 1 heterocycles. The van der Waals surface area contributed by atoms with Gasteiger partial charge in [0.05, 0.1) is 18.2 Å². The number of carbonyl (C=O) groups excluding carboxylic acids is 2. The van der Waals surface area contributed by atoms with Crippen molar-refractivity contribution in [3.05, 3.63) is 10.6 Å². The fourth-order valence-corrected chi connectivity index (χ4v) is 3.69. The molecular formula is C10H14ClN3O6S. The average molecular weight is 340 g/mol. The summed E-state index contributed by atoms with van der Waals surface area (Å²) in [6.45, 7) is 1.11. The maximum absolute atomic E-state index is 12.2. The minimum absolute atomic E-state index is 0.0345. The molecule has 4 N–H and O–H groups in total. The van der Waals surface area contributed by atoms with Crippen LogP contribution in [0.1, 0.15) is 13.3 Å². The molecule has 21 heavy (non-hydrogen) atoms. The van der Waals surface area contributed by atoms with Crippen molar-refractivity contribution in [1.29, 1.82) is 0 Å². The van der Waals surface area contributed by atoms with Gasteiger partial charge in [0.25, 0.3) is 10.0 Å². The normalized spacial score (nSPS) is 19.1. The first-order chi connectivity index (χ1) is 9.68. The average Bonchev–Trinajstić information content (AvgIpc) is 2.33. The molecule has 9 nitrogen and oxygen atoms in total. The van der Waals surface area contributed by atoms with Crippen LogP contribution in [-0.4, -0.2) is 48.2 Å². The van der Waals surface area contributed by atoms with E-state index >= 15 is 0 Å². The molecule has 1 aliphatic rings. The van der Waals surface area contributed by atoms with Crippen LogP contribution in [0, 0.1) is 5.92 Å². The van der Waals surface area contributed by atoms with E-state index in [2.05, 4.69) is 5.32 Å². The zero-order valence-electron chi connectivity index (χ0n) is 11.0. The Kier molecular flexibility index (Phi) is 5.18. The van der Waals surface area contributed by atoms with E-state index in [9.17, 15) is 22.8 Å². The SMILES string of the molecule is CCC(C(N)=O)C1=C(C(=O)O)S(=O)(=O)N(CCCl)C(=O)N1. The number of hydrogen-bond acceptors (Lipinski definition) is 5. The Bertz CT molecular complexity index is 614. The topological polar surface area (TPSA) is 147 Å². The van der Waals surface area contributed by atoms with E-state index in [0.717, 1.165) is 0 Å². The van der Waals surface area contributed by atoms with Crippen LogP contribution >= 0.6 is 11.6 Å². The third-order valence-corrected chi connectivity index (χ3v) is 4.85. The Labute approximate surface area is 125 Å². The summed E-state index contributed by atoms with van der Waals surface area (Å²) in [7, 11) is -4.60. The van der Waals surface area contributed by atoms with E-state index in [1.165, 1.54) is 6.92 Å². The number of nitrogens with one attached hydrogen (secondary N) is 1. The molecule has 0 bridgehead atoms. The number of carboxylic acid groups (broad SMARTS) is 1. The zero-order valence-corrected chi connectivity index (χ0v) is 12.6. The van der Waals surface area contributed by atoms with Crippen LogP contribution in [0.5, 0.6) is 0 Å². The second-order valence-corrected chi connectivity index (χ2v) is 6.28. The molecule has 1 rings (SSSR count). The number of hydrogen-bond donors (Lipinski definition) is 3. The second kappa shape index (κ2) is 6.31. The van der Waals surface area contributed by atoms with Gasteiger partial charge in [-0.2, -0.15) is 0 Å². The summed E-state index contributed by atoms with van der Waals surface area (Å²) in [6.07, 6.45) is 0.0345. The van der Waals surface area contributed by atoms with E-state index in [0.29, 0.717) is 4.31 Å². The third-order valence-electron chi connectivity index (χ3n) is 2.84. The van der Waals surface area contributed by atoms with Crippen molar-refractivity contribution in [2.75, 3.05) is 12.4 Å². The molecule has 0 radical (unpaired) electrons. The minimum Gasteiger partial charge on any atom is -0.477 e. The summed E-state index contributed by atoms with van der Waals surface area (Å²) in [5, 5.41) is 11.3. The third kappa shape index (κ3) is 3.10. The van der Waals surface area contributed by atoms with Crippen LogP contribution in [0.2, 0.25) is 0 Å². The highest BCUT2D eigenvalue weighted by atomic mass is 35.5. The van der Waals surface area contributed by atoms with Crippen molar-refractivity contribution in [2.45, 2.75) is 13.3 Å². The first kappa shape index (κ1) is 17.2. The summed E-state index contributed by atoms with van der Waals surface area (Å²) in [5.41, 5.74) is 4.60. The lowest BCUT2D eigenvalue weighted by atomic mass is 10.0. The number of alkyl halides is 1. The predicted octanol–water partition coefficient (Wildman–Crippen LogP) is -0.612. The van der Waals surface area contributed by atoms with Gasteiger partial charge in [-0.1, -0.05) is 6.92 Å². The van der Waals surface area contributed by atoms with Crippen molar-refractivity contribution in [3.63, 3.8) is 0 Å². The number of sulfonamides is 1. The van der Waals surface area contributed by atoms with Crippen LogP contribution < -0.4 is 11.1 Å². The lowest BCUT2D eigenvalue weighted by Gasteiger charge is -2.30. The van der Waals surface area contributed by atoms with Gasteiger partial charge in [0.2, 0.25) is 5.91 Å². The van der Waals surface area contributed by atoms with Gasteiger partial charge in [-0.25, -0.2) is 22.3 Å². The Morgan fingerprint density at radius 1 is 1.48 bits per heavy atom. The number of rotatable bonds is 6. The van der Waals surface area contributed by atoms with E-state index in [1.807, 2.05) is 0 Å². The van der Waals surface area contributed by atoms with E-state index < -0.39 is 51.0 Å². The number of urea groups is 1. The fourth-order valence-electron chi connectivity index (χ4n) is 1.91. The lowest BCUT2D eigenvalue weighted by molar-refractivity contribution is -0.132. The maximum atomic E-state index is 12.2. The number of carboxylic acids is 1. The maximum Gasteiger partial charge on any atom is 0.351 e. The van der Waals surface area contributed by atoms with Crippen LogP contribution in [-0.2, 0) is 19.6 Å². The van der Waals surface area contributed by atoms with Gasteiger partial charge in [-0.3, -0.25) is 4.79 Å². The van der Waals surface area contributed by atoms with Crippen LogP contribution in [0.4, 0.5) is 4.79 Å². The van der Waals surface area contributed by atoms with Crippen LogP contribution in [0.15, 0.2) is 10.6 Å². The van der Waals surface area contributed by atoms with Gasteiger partial charge in [0.15, 0.2) is 4.91 Å². The van der Waals surface area contributed by atoms with Gasteiger partial charge in [-0.05, 0) is 6.42 Å². The molecule has 0 saturated carbocycles. The van der Waals surface area contributed by atoms with Gasteiger partial charge in [0.1, 0.15) is 0 Å². The summed E-state index contributed by atoms with van der Waals surface area (Å²) >= 11 is 5.41. The Morgan fingerprint density at radius 2 is 2.05 bits per heavy atom. The number of aliphatic carboxylic acids is 1. The Hall–Kier alpha value is -1.81. The summed E-state index contributed by atoms with van der Waals surface area (Å²) in [4.78, 5) is 33.4.